The molecule has 1 amide bonds. The molecule has 1 aromatic carbocycles. The summed E-state index contributed by atoms with van der Waals surface area (Å²) in [4.78, 5) is 19.6. The van der Waals surface area contributed by atoms with Gasteiger partial charge >= 0.3 is 0 Å². The van der Waals surface area contributed by atoms with Crippen molar-refractivity contribution in [1.82, 2.24) is 14.5 Å². The summed E-state index contributed by atoms with van der Waals surface area (Å²) in [5.41, 5.74) is 1.38. The molecule has 3 aliphatic rings. The Hall–Kier alpha value is -2.02. The second-order valence-corrected chi connectivity index (χ2v) is 9.54. The van der Waals surface area contributed by atoms with Crippen molar-refractivity contribution in [2.24, 2.45) is 5.92 Å². The predicted molar refractivity (Wildman–Crippen MR) is 111 cm³/mol. The Morgan fingerprint density at radius 1 is 1.00 bits per heavy atom. The number of amides is 1. The number of benzene rings is 1. The third-order valence-corrected chi connectivity index (χ3v) is 7.65. The number of hydrogen-bond acceptors (Lipinski definition) is 2. The van der Waals surface area contributed by atoms with E-state index < -0.39 is 5.92 Å². The van der Waals surface area contributed by atoms with Crippen LogP contribution >= 0.6 is 11.6 Å². The van der Waals surface area contributed by atoms with Gasteiger partial charge in [0.15, 0.2) is 0 Å². The average Bonchev–Trinajstić information content (AvgIpc) is 3.25. The maximum Gasteiger partial charge on any atom is 0.248 e. The van der Waals surface area contributed by atoms with Crippen LogP contribution < -0.4 is 0 Å². The van der Waals surface area contributed by atoms with Crippen LogP contribution in [0.15, 0.2) is 30.6 Å². The Morgan fingerprint density at radius 2 is 1.61 bits per heavy atom. The summed E-state index contributed by atoms with van der Waals surface area (Å²) in [6.07, 6.45) is 5.34. The number of imidazole rings is 1. The van der Waals surface area contributed by atoms with E-state index in [-0.39, 0.29) is 61.5 Å². The number of halogens is 4. The molecular weight excluding hydrogens is 427 g/mol. The Morgan fingerprint density at radius 3 is 2.23 bits per heavy atom. The molecular formula is C23H25ClF3N3O. The van der Waals surface area contributed by atoms with Gasteiger partial charge in [-0.05, 0) is 62.8 Å². The molecule has 1 saturated carbocycles. The van der Waals surface area contributed by atoms with Crippen LogP contribution in [0.1, 0.15) is 57.4 Å². The van der Waals surface area contributed by atoms with Crippen molar-refractivity contribution in [3.8, 4) is 11.3 Å². The van der Waals surface area contributed by atoms with Crippen LogP contribution in [0.5, 0.6) is 0 Å². The van der Waals surface area contributed by atoms with Crippen LogP contribution in [0.2, 0.25) is 5.15 Å². The first kappa shape index (κ1) is 20.9. The molecule has 3 atom stereocenters. The fourth-order valence-corrected chi connectivity index (χ4v) is 5.97. The van der Waals surface area contributed by atoms with Gasteiger partial charge in [0.05, 0.1) is 6.33 Å². The monoisotopic (exact) mass is 451 g/mol. The minimum absolute atomic E-state index is 0.0604. The van der Waals surface area contributed by atoms with Crippen LogP contribution in [-0.2, 0) is 4.79 Å². The Bertz CT molecular complexity index is 953. The van der Waals surface area contributed by atoms with E-state index in [1.165, 1.54) is 12.1 Å². The van der Waals surface area contributed by atoms with Crippen LogP contribution in [0, 0.1) is 11.7 Å². The molecule has 0 unspecified atom stereocenters. The number of nitrogens with zero attached hydrogens (tertiary/aromatic N) is 3. The number of alkyl halides is 2. The number of carbonyl (C=O) groups is 1. The van der Waals surface area contributed by atoms with Gasteiger partial charge in [-0.3, -0.25) is 4.79 Å². The van der Waals surface area contributed by atoms with Crippen molar-refractivity contribution in [3.63, 3.8) is 0 Å². The fourth-order valence-electron chi connectivity index (χ4n) is 5.64. The summed E-state index contributed by atoms with van der Waals surface area (Å²) in [5.74, 6) is -3.15. The van der Waals surface area contributed by atoms with Gasteiger partial charge in [0.1, 0.15) is 16.7 Å². The van der Waals surface area contributed by atoms with E-state index in [2.05, 4.69) is 4.98 Å². The largest absolute Gasteiger partial charge is 0.336 e. The smallest absolute Gasteiger partial charge is 0.248 e. The van der Waals surface area contributed by atoms with Gasteiger partial charge in [-0.2, -0.15) is 0 Å². The molecule has 0 radical (unpaired) electrons. The summed E-state index contributed by atoms with van der Waals surface area (Å²) >= 11 is 6.65. The van der Waals surface area contributed by atoms with Crippen molar-refractivity contribution in [2.75, 3.05) is 0 Å². The fraction of sp³-hybridized carbons (Fsp3) is 0.565. The standard InChI is InChI=1S/C23H25ClF3N3O/c24-21-20(14-1-3-16(25)4-2-14)28-13-29(21)19-11-17-5-6-18(12-19)30(17)22(31)15-7-9-23(26,27)10-8-15/h1-4,13,15,17-19H,5-12H2/t17-,18+,19-. The maximum atomic E-state index is 13.5. The van der Waals surface area contributed by atoms with E-state index in [1.54, 1.807) is 18.5 Å². The summed E-state index contributed by atoms with van der Waals surface area (Å²) < 4.78 is 42.2. The van der Waals surface area contributed by atoms with E-state index in [9.17, 15) is 18.0 Å². The predicted octanol–water partition coefficient (Wildman–Crippen LogP) is 5.86. The molecule has 2 aromatic rings. The maximum absolute atomic E-state index is 13.5. The highest BCUT2D eigenvalue weighted by Gasteiger charge is 2.47. The zero-order valence-electron chi connectivity index (χ0n) is 17.1. The molecule has 3 fully saturated rings. The molecule has 0 spiro atoms. The zero-order chi connectivity index (χ0) is 21.8. The number of piperidine rings is 1. The highest BCUT2D eigenvalue weighted by Crippen LogP contribution is 2.45. The van der Waals surface area contributed by atoms with E-state index in [0.29, 0.717) is 10.8 Å². The topological polar surface area (TPSA) is 38.1 Å². The lowest BCUT2D eigenvalue weighted by Crippen LogP contribution is -2.50. The second-order valence-electron chi connectivity index (χ2n) is 9.18. The van der Waals surface area contributed by atoms with Gasteiger partial charge < -0.3 is 9.47 Å². The normalized spacial score (nSPS) is 28.1. The molecule has 4 nitrogen and oxygen atoms in total. The third kappa shape index (κ3) is 3.86. The van der Waals surface area contributed by atoms with E-state index in [1.807, 2.05) is 9.47 Å². The Balaban J connectivity index is 1.30. The lowest BCUT2D eigenvalue weighted by atomic mass is 9.84. The first-order valence-electron chi connectivity index (χ1n) is 11.0. The zero-order valence-corrected chi connectivity index (χ0v) is 17.9. The molecule has 2 saturated heterocycles. The summed E-state index contributed by atoms with van der Waals surface area (Å²) in [5, 5.41) is 0.519. The molecule has 2 bridgehead atoms. The molecule has 3 heterocycles. The molecule has 2 aliphatic heterocycles. The van der Waals surface area contributed by atoms with Crippen molar-refractivity contribution >= 4 is 17.5 Å². The molecule has 8 heteroatoms. The second kappa shape index (κ2) is 7.84. The molecule has 1 aliphatic carbocycles. The quantitative estimate of drug-likeness (QED) is 0.586. The number of fused-ring (bicyclic) bond motifs is 2. The number of carbonyl (C=O) groups excluding carboxylic acids is 1. The first-order chi connectivity index (χ1) is 14.8. The van der Waals surface area contributed by atoms with Gasteiger partial charge in [0.25, 0.3) is 0 Å². The van der Waals surface area contributed by atoms with Crippen LogP contribution in [0.3, 0.4) is 0 Å². The van der Waals surface area contributed by atoms with Gasteiger partial charge in [-0.25, -0.2) is 18.2 Å². The minimum atomic E-state index is -2.62. The van der Waals surface area contributed by atoms with Crippen molar-refractivity contribution < 1.29 is 18.0 Å². The molecule has 1 aromatic heterocycles. The van der Waals surface area contributed by atoms with Crippen LogP contribution in [0.4, 0.5) is 13.2 Å². The number of rotatable bonds is 3. The van der Waals surface area contributed by atoms with Crippen molar-refractivity contribution in [2.45, 2.75) is 75.4 Å². The van der Waals surface area contributed by atoms with Crippen LogP contribution in [-0.4, -0.2) is 38.4 Å². The molecule has 166 valence electrons. The van der Waals surface area contributed by atoms with Gasteiger partial charge in [0, 0.05) is 42.4 Å². The number of aromatic nitrogens is 2. The van der Waals surface area contributed by atoms with E-state index in [0.717, 1.165) is 31.2 Å². The molecule has 31 heavy (non-hydrogen) atoms. The van der Waals surface area contributed by atoms with Gasteiger partial charge in [0.2, 0.25) is 11.8 Å². The highest BCUT2D eigenvalue weighted by atomic mass is 35.5. The first-order valence-corrected chi connectivity index (χ1v) is 11.4. The van der Waals surface area contributed by atoms with Crippen molar-refractivity contribution in [1.29, 1.82) is 0 Å². The highest BCUT2D eigenvalue weighted by molar-refractivity contribution is 6.32. The molecule has 5 rings (SSSR count). The Kier molecular flexibility index (Phi) is 5.27. The summed E-state index contributed by atoms with van der Waals surface area (Å²) in [6.45, 7) is 0. The van der Waals surface area contributed by atoms with Crippen molar-refractivity contribution in [3.05, 3.63) is 41.6 Å². The third-order valence-electron chi connectivity index (χ3n) is 7.27. The van der Waals surface area contributed by atoms with E-state index in [4.69, 9.17) is 11.6 Å². The van der Waals surface area contributed by atoms with Gasteiger partial charge in [-0.15, -0.1) is 0 Å². The van der Waals surface area contributed by atoms with E-state index >= 15 is 0 Å². The minimum Gasteiger partial charge on any atom is -0.336 e. The number of hydrogen-bond donors (Lipinski definition) is 0. The lowest BCUT2D eigenvalue weighted by Gasteiger charge is -2.42. The summed E-state index contributed by atoms with van der Waals surface area (Å²) in [6, 6.07) is 6.45. The van der Waals surface area contributed by atoms with Crippen LogP contribution in [0.25, 0.3) is 11.3 Å². The molecule has 0 N–H and O–H groups in total. The SMILES string of the molecule is O=C(C1CCC(F)(F)CC1)N1[C@@H]2CC[C@H]1C[C@H](n1cnc(-c3ccc(F)cc3)c1Cl)C2. The lowest BCUT2D eigenvalue weighted by molar-refractivity contribution is -0.144. The Labute approximate surface area is 184 Å². The van der Waals surface area contributed by atoms with Gasteiger partial charge in [-0.1, -0.05) is 11.6 Å². The average molecular weight is 452 g/mol. The summed E-state index contributed by atoms with van der Waals surface area (Å²) in [7, 11) is 0.